The van der Waals surface area contributed by atoms with E-state index in [1.807, 2.05) is 6.07 Å². The number of hydrogen-bond donors (Lipinski definition) is 1. The van der Waals surface area contributed by atoms with Crippen molar-refractivity contribution in [3.05, 3.63) is 29.8 Å². The monoisotopic (exact) mass is 405 g/mol. The van der Waals surface area contributed by atoms with Gasteiger partial charge in [0.2, 0.25) is 10.0 Å². The quantitative estimate of drug-likeness (QED) is 0.778. The lowest BCUT2D eigenvalue weighted by Crippen LogP contribution is -3.13. The lowest BCUT2D eigenvalue weighted by Gasteiger charge is -2.34. The molecule has 0 aromatic heterocycles. The van der Waals surface area contributed by atoms with Crippen molar-refractivity contribution in [2.45, 2.75) is 37.0 Å². The van der Waals surface area contributed by atoms with Gasteiger partial charge in [0.05, 0.1) is 23.5 Å². The van der Waals surface area contributed by atoms with Gasteiger partial charge in [-0.05, 0) is 37.8 Å². The van der Waals surface area contributed by atoms with Crippen LogP contribution in [0.1, 0.15) is 37.7 Å². The molecule has 1 N–H and O–H groups in total. The van der Waals surface area contributed by atoms with Crippen LogP contribution in [0, 0.1) is 11.3 Å². The van der Waals surface area contributed by atoms with Gasteiger partial charge < -0.3 is 9.80 Å². The van der Waals surface area contributed by atoms with Crippen molar-refractivity contribution in [2.75, 3.05) is 45.8 Å². The molecule has 0 bridgehead atoms. The summed E-state index contributed by atoms with van der Waals surface area (Å²) in [6.45, 7) is 3.94. The molecule has 0 radical (unpaired) electrons. The van der Waals surface area contributed by atoms with E-state index in [1.54, 1.807) is 17.0 Å². The van der Waals surface area contributed by atoms with E-state index in [0.717, 1.165) is 13.1 Å². The molecule has 2 saturated heterocycles. The Morgan fingerprint density at radius 2 is 1.61 bits per heavy atom. The van der Waals surface area contributed by atoms with Crippen molar-refractivity contribution in [1.82, 2.24) is 9.21 Å². The molecule has 0 atom stereocenters. The third-order valence-electron chi connectivity index (χ3n) is 5.68. The molecule has 152 valence electrons. The summed E-state index contributed by atoms with van der Waals surface area (Å²) in [5.41, 5.74) is 0.154. The first-order valence-electron chi connectivity index (χ1n) is 10.1. The van der Waals surface area contributed by atoms with Gasteiger partial charge in [0.25, 0.3) is 5.91 Å². The second kappa shape index (κ2) is 9.50. The summed E-state index contributed by atoms with van der Waals surface area (Å²) in [4.78, 5) is 15.9. The SMILES string of the molecule is N#Cc1ccccc1S(=O)(=O)N1CCN(C(=O)C[NH+]2CCCCCCC2)CC1. The molecular weight excluding hydrogens is 376 g/mol. The van der Waals surface area contributed by atoms with Crippen LogP contribution in [0.3, 0.4) is 0 Å². The highest BCUT2D eigenvalue weighted by molar-refractivity contribution is 7.89. The second-order valence-electron chi connectivity index (χ2n) is 7.59. The van der Waals surface area contributed by atoms with Gasteiger partial charge in [-0.2, -0.15) is 9.57 Å². The van der Waals surface area contributed by atoms with Crippen LogP contribution < -0.4 is 4.90 Å². The molecule has 3 rings (SSSR count). The van der Waals surface area contributed by atoms with Crippen molar-refractivity contribution in [1.29, 1.82) is 5.26 Å². The first kappa shape index (κ1) is 20.8. The van der Waals surface area contributed by atoms with E-state index in [1.165, 1.54) is 53.4 Å². The molecule has 28 heavy (non-hydrogen) atoms. The van der Waals surface area contributed by atoms with Crippen molar-refractivity contribution in [3.63, 3.8) is 0 Å². The lowest BCUT2D eigenvalue weighted by atomic mass is 10.1. The molecule has 1 aromatic carbocycles. The zero-order chi connectivity index (χ0) is 20.0. The van der Waals surface area contributed by atoms with E-state index in [2.05, 4.69) is 0 Å². The van der Waals surface area contributed by atoms with E-state index in [-0.39, 0.29) is 29.5 Å². The Morgan fingerprint density at radius 1 is 1.00 bits per heavy atom. The van der Waals surface area contributed by atoms with Crippen molar-refractivity contribution < 1.29 is 18.1 Å². The van der Waals surface area contributed by atoms with E-state index < -0.39 is 10.0 Å². The summed E-state index contributed by atoms with van der Waals surface area (Å²) in [5.74, 6) is 0.116. The summed E-state index contributed by atoms with van der Waals surface area (Å²) in [7, 11) is -3.72. The molecule has 2 heterocycles. The number of nitriles is 1. The molecule has 2 fully saturated rings. The standard InChI is InChI=1S/C20H28N4O3S/c21-16-18-8-4-5-9-19(18)28(26,27)24-14-12-23(13-15-24)20(25)17-22-10-6-2-1-3-7-11-22/h4-5,8-9H,1-3,6-7,10-15,17H2/p+1. The Hall–Kier alpha value is -1.95. The largest absolute Gasteiger partial charge is 0.335 e. The molecule has 2 aliphatic rings. The van der Waals surface area contributed by atoms with Gasteiger partial charge in [0, 0.05) is 26.2 Å². The van der Waals surface area contributed by atoms with E-state index in [4.69, 9.17) is 0 Å². The molecule has 1 aromatic rings. The predicted octanol–water partition coefficient (Wildman–Crippen LogP) is 0.240. The van der Waals surface area contributed by atoms with Gasteiger partial charge >= 0.3 is 0 Å². The Kier molecular flexibility index (Phi) is 7.05. The highest BCUT2D eigenvalue weighted by Gasteiger charge is 2.32. The van der Waals surface area contributed by atoms with Gasteiger partial charge in [0.15, 0.2) is 6.54 Å². The Balaban J connectivity index is 1.57. The molecule has 0 unspecified atom stereocenters. The summed E-state index contributed by atoms with van der Waals surface area (Å²) in [6, 6.07) is 8.21. The molecule has 7 nitrogen and oxygen atoms in total. The summed E-state index contributed by atoms with van der Waals surface area (Å²) >= 11 is 0. The lowest BCUT2D eigenvalue weighted by molar-refractivity contribution is -0.893. The molecule has 1 amide bonds. The number of quaternary nitrogens is 1. The maximum absolute atomic E-state index is 12.9. The first-order chi connectivity index (χ1) is 13.5. The topological polar surface area (TPSA) is 85.9 Å². The highest BCUT2D eigenvalue weighted by Crippen LogP contribution is 2.21. The highest BCUT2D eigenvalue weighted by atomic mass is 32.2. The normalized spacial score (nSPS) is 20.2. The molecule has 8 heteroatoms. The molecule has 0 saturated carbocycles. The number of hydrogen-bond acceptors (Lipinski definition) is 4. The van der Waals surface area contributed by atoms with Crippen LogP contribution in [0.4, 0.5) is 0 Å². The number of carbonyl (C=O) groups excluding carboxylic acids is 1. The minimum atomic E-state index is -3.72. The van der Waals surface area contributed by atoms with Gasteiger partial charge in [-0.3, -0.25) is 4.79 Å². The fourth-order valence-electron chi connectivity index (χ4n) is 4.01. The summed E-state index contributed by atoms with van der Waals surface area (Å²) < 4.78 is 27.2. The number of amides is 1. The van der Waals surface area contributed by atoms with Crippen LogP contribution in [0.15, 0.2) is 29.2 Å². The fourth-order valence-corrected chi connectivity index (χ4v) is 5.57. The zero-order valence-electron chi connectivity index (χ0n) is 16.3. The number of nitrogens with zero attached hydrogens (tertiary/aromatic N) is 3. The van der Waals surface area contributed by atoms with Crippen molar-refractivity contribution in [2.24, 2.45) is 0 Å². The predicted molar refractivity (Wildman–Crippen MR) is 105 cm³/mol. The summed E-state index contributed by atoms with van der Waals surface area (Å²) in [5, 5.41) is 9.20. The maximum atomic E-state index is 12.9. The van der Waals surface area contributed by atoms with Gasteiger partial charge in [-0.25, -0.2) is 8.42 Å². The third kappa shape index (κ3) is 4.90. The number of benzene rings is 1. The number of likely N-dealkylation sites (tertiary alicyclic amines) is 1. The number of carbonyl (C=O) groups is 1. The van der Waals surface area contributed by atoms with Crippen LogP contribution in [-0.4, -0.2) is 69.3 Å². The van der Waals surface area contributed by atoms with Crippen LogP contribution in [0.25, 0.3) is 0 Å². The Morgan fingerprint density at radius 3 is 2.25 bits per heavy atom. The van der Waals surface area contributed by atoms with Gasteiger partial charge in [0.1, 0.15) is 6.07 Å². The van der Waals surface area contributed by atoms with E-state index >= 15 is 0 Å². The van der Waals surface area contributed by atoms with Crippen molar-refractivity contribution in [3.8, 4) is 6.07 Å². The van der Waals surface area contributed by atoms with Crippen LogP contribution in [0.2, 0.25) is 0 Å². The number of nitrogens with one attached hydrogen (secondary N) is 1. The number of piperazine rings is 1. The summed E-state index contributed by atoms with van der Waals surface area (Å²) in [6.07, 6.45) is 6.14. The smallest absolute Gasteiger partial charge is 0.277 e. The van der Waals surface area contributed by atoms with Gasteiger partial charge in [-0.15, -0.1) is 0 Å². The molecular formula is C20H29N4O3S+. The van der Waals surface area contributed by atoms with Crippen LogP contribution in [-0.2, 0) is 14.8 Å². The molecule has 2 aliphatic heterocycles. The second-order valence-corrected chi connectivity index (χ2v) is 9.49. The van der Waals surface area contributed by atoms with Crippen LogP contribution >= 0.6 is 0 Å². The minimum absolute atomic E-state index is 0.0438. The van der Waals surface area contributed by atoms with E-state index in [9.17, 15) is 18.5 Å². The first-order valence-corrected chi connectivity index (χ1v) is 11.6. The Labute approximate surface area is 167 Å². The van der Waals surface area contributed by atoms with Crippen molar-refractivity contribution >= 4 is 15.9 Å². The molecule has 0 spiro atoms. The minimum Gasteiger partial charge on any atom is -0.335 e. The van der Waals surface area contributed by atoms with Crippen LogP contribution in [0.5, 0.6) is 0 Å². The van der Waals surface area contributed by atoms with E-state index in [0.29, 0.717) is 19.6 Å². The maximum Gasteiger partial charge on any atom is 0.277 e. The fraction of sp³-hybridized carbons (Fsp3) is 0.600. The number of rotatable bonds is 4. The third-order valence-corrected chi connectivity index (χ3v) is 7.64. The number of sulfonamides is 1. The Bertz CT molecular complexity index is 818. The average molecular weight is 406 g/mol. The molecule has 0 aliphatic carbocycles. The van der Waals surface area contributed by atoms with Gasteiger partial charge in [-0.1, -0.05) is 18.6 Å². The average Bonchev–Trinajstić information content (AvgIpc) is 2.70. The zero-order valence-corrected chi connectivity index (χ0v) is 17.1.